The van der Waals surface area contributed by atoms with Gasteiger partial charge in [0.2, 0.25) is 5.76 Å². The van der Waals surface area contributed by atoms with Crippen molar-refractivity contribution in [2.24, 2.45) is 0 Å². The maximum absolute atomic E-state index is 10.9. The van der Waals surface area contributed by atoms with Gasteiger partial charge in [-0.2, -0.15) is 0 Å². The summed E-state index contributed by atoms with van der Waals surface area (Å²) in [5.74, 6) is -1.08. The third-order valence-electron chi connectivity index (χ3n) is 3.50. The van der Waals surface area contributed by atoms with Crippen molar-refractivity contribution < 1.29 is 14.6 Å². The summed E-state index contributed by atoms with van der Waals surface area (Å²) in [5, 5.41) is 8.95. The molecule has 0 spiro atoms. The number of carbonyl (C=O) groups is 1. The molecule has 3 nitrogen and oxygen atoms in total. The molecule has 1 aromatic carbocycles. The van der Waals surface area contributed by atoms with Crippen LogP contribution in [0.15, 0.2) is 30.0 Å². The number of carboxylic acid groups (broad SMARTS) is 1. The molecular weight excluding hydrogens is 264 g/mol. The van der Waals surface area contributed by atoms with Crippen LogP contribution in [0, 0.1) is 0 Å². The minimum Gasteiger partial charge on any atom is -0.490 e. The van der Waals surface area contributed by atoms with Crippen molar-refractivity contribution in [1.82, 2.24) is 0 Å². The summed E-state index contributed by atoms with van der Waals surface area (Å²) in [6.45, 7) is 2.23. The Morgan fingerprint density at radius 3 is 2.57 bits per heavy atom. The maximum atomic E-state index is 10.9. The highest BCUT2D eigenvalue weighted by atomic mass is 16.5. The van der Waals surface area contributed by atoms with Gasteiger partial charge < -0.3 is 9.84 Å². The number of rotatable bonds is 10. The predicted molar refractivity (Wildman–Crippen MR) is 86.1 cm³/mol. The quantitative estimate of drug-likeness (QED) is 0.387. The topological polar surface area (TPSA) is 46.5 Å². The molecule has 0 aliphatic carbocycles. The summed E-state index contributed by atoms with van der Waals surface area (Å²) in [7, 11) is 1.38. The highest BCUT2D eigenvalue weighted by Gasteiger charge is 2.06. The van der Waals surface area contributed by atoms with Crippen molar-refractivity contribution in [2.45, 2.75) is 51.9 Å². The molecule has 0 radical (unpaired) electrons. The standard InChI is InChI=1S/C18H26O3/c1-3-4-5-6-7-8-10-15-11-9-12-16(13-15)14-17(21-2)18(19)20/h9,11-14H,3-8,10H2,1-2H3,(H,19,20). The molecule has 0 aliphatic rings. The Bertz CT molecular complexity index is 463. The van der Waals surface area contributed by atoms with E-state index < -0.39 is 5.97 Å². The van der Waals surface area contributed by atoms with Gasteiger partial charge in [-0.1, -0.05) is 63.3 Å². The molecule has 0 atom stereocenters. The molecule has 0 heterocycles. The minimum absolute atomic E-state index is 0.0354. The van der Waals surface area contributed by atoms with Crippen LogP contribution in [-0.2, 0) is 16.0 Å². The van der Waals surface area contributed by atoms with Crippen molar-refractivity contribution >= 4 is 12.0 Å². The van der Waals surface area contributed by atoms with E-state index in [1.54, 1.807) is 6.08 Å². The zero-order valence-electron chi connectivity index (χ0n) is 13.1. The lowest BCUT2D eigenvalue weighted by molar-refractivity contribution is -0.135. The number of benzene rings is 1. The molecule has 0 bridgehead atoms. The van der Waals surface area contributed by atoms with Crippen molar-refractivity contribution in [3.63, 3.8) is 0 Å². The third-order valence-corrected chi connectivity index (χ3v) is 3.50. The lowest BCUT2D eigenvalue weighted by atomic mass is 10.0. The average Bonchev–Trinajstić information content (AvgIpc) is 2.48. The van der Waals surface area contributed by atoms with E-state index in [-0.39, 0.29) is 5.76 Å². The van der Waals surface area contributed by atoms with Crippen LogP contribution in [0.5, 0.6) is 0 Å². The van der Waals surface area contributed by atoms with Crippen LogP contribution in [0.1, 0.15) is 56.6 Å². The van der Waals surface area contributed by atoms with Crippen LogP contribution in [-0.4, -0.2) is 18.2 Å². The minimum atomic E-state index is -1.04. The molecule has 21 heavy (non-hydrogen) atoms. The maximum Gasteiger partial charge on any atom is 0.371 e. The van der Waals surface area contributed by atoms with Gasteiger partial charge in [-0.3, -0.25) is 0 Å². The Hall–Kier alpha value is -1.77. The average molecular weight is 290 g/mol. The Morgan fingerprint density at radius 2 is 1.90 bits per heavy atom. The number of aryl methyl sites for hydroxylation is 1. The van der Waals surface area contributed by atoms with Crippen LogP contribution in [0.25, 0.3) is 6.08 Å². The van der Waals surface area contributed by atoms with Crippen LogP contribution < -0.4 is 0 Å². The van der Waals surface area contributed by atoms with E-state index in [2.05, 4.69) is 13.0 Å². The second-order valence-electron chi connectivity index (χ2n) is 5.28. The first-order valence-corrected chi connectivity index (χ1v) is 7.75. The van der Waals surface area contributed by atoms with Crippen LogP contribution in [0.2, 0.25) is 0 Å². The molecule has 0 amide bonds. The van der Waals surface area contributed by atoms with Gasteiger partial charge in [0.15, 0.2) is 0 Å². The number of unbranched alkanes of at least 4 members (excludes halogenated alkanes) is 5. The van der Waals surface area contributed by atoms with E-state index in [0.29, 0.717) is 0 Å². The van der Waals surface area contributed by atoms with Gasteiger partial charge in [-0.15, -0.1) is 0 Å². The first-order chi connectivity index (χ1) is 10.2. The molecule has 0 saturated heterocycles. The molecule has 0 fully saturated rings. The first kappa shape index (κ1) is 17.3. The first-order valence-electron chi connectivity index (χ1n) is 7.75. The highest BCUT2D eigenvalue weighted by molar-refractivity contribution is 5.89. The van der Waals surface area contributed by atoms with Crippen molar-refractivity contribution in [2.75, 3.05) is 7.11 Å². The van der Waals surface area contributed by atoms with Crippen LogP contribution in [0.3, 0.4) is 0 Å². The Balaban J connectivity index is 2.51. The van der Waals surface area contributed by atoms with Gasteiger partial charge in [0.25, 0.3) is 0 Å². The Morgan fingerprint density at radius 1 is 1.19 bits per heavy atom. The lowest BCUT2D eigenvalue weighted by Gasteiger charge is -2.04. The number of methoxy groups -OCH3 is 1. The van der Waals surface area contributed by atoms with Gasteiger partial charge in [0.1, 0.15) is 0 Å². The molecular formula is C18H26O3. The van der Waals surface area contributed by atoms with Gasteiger partial charge in [-0.05, 0) is 30.0 Å². The van der Waals surface area contributed by atoms with Gasteiger partial charge in [-0.25, -0.2) is 4.79 Å². The smallest absolute Gasteiger partial charge is 0.371 e. The number of carboxylic acids is 1. The lowest BCUT2D eigenvalue weighted by Crippen LogP contribution is -2.02. The van der Waals surface area contributed by atoms with Crippen molar-refractivity contribution in [1.29, 1.82) is 0 Å². The van der Waals surface area contributed by atoms with E-state index in [4.69, 9.17) is 9.84 Å². The Labute approximate surface area is 127 Å². The summed E-state index contributed by atoms with van der Waals surface area (Å²) < 4.78 is 4.85. The van der Waals surface area contributed by atoms with E-state index in [1.807, 2.05) is 18.2 Å². The van der Waals surface area contributed by atoms with E-state index in [9.17, 15) is 4.79 Å². The number of aliphatic carboxylic acids is 1. The molecule has 1 rings (SSSR count). The Kier molecular flexibility index (Phi) is 8.25. The van der Waals surface area contributed by atoms with Gasteiger partial charge in [0, 0.05) is 0 Å². The molecule has 116 valence electrons. The molecule has 0 unspecified atom stereocenters. The summed E-state index contributed by atoms with van der Waals surface area (Å²) in [6, 6.07) is 7.99. The van der Waals surface area contributed by atoms with E-state index in [1.165, 1.54) is 51.2 Å². The van der Waals surface area contributed by atoms with Crippen LogP contribution >= 0.6 is 0 Å². The van der Waals surface area contributed by atoms with E-state index >= 15 is 0 Å². The number of hydrogen-bond acceptors (Lipinski definition) is 2. The molecule has 3 heteroatoms. The third kappa shape index (κ3) is 6.98. The zero-order valence-corrected chi connectivity index (χ0v) is 13.1. The van der Waals surface area contributed by atoms with Crippen molar-refractivity contribution in [3.05, 3.63) is 41.2 Å². The van der Waals surface area contributed by atoms with Crippen molar-refractivity contribution in [3.8, 4) is 0 Å². The largest absolute Gasteiger partial charge is 0.490 e. The summed E-state index contributed by atoms with van der Waals surface area (Å²) in [5.41, 5.74) is 2.12. The summed E-state index contributed by atoms with van der Waals surface area (Å²) in [4.78, 5) is 10.9. The molecule has 0 aromatic heterocycles. The second kappa shape index (κ2) is 10.0. The van der Waals surface area contributed by atoms with Crippen LogP contribution in [0.4, 0.5) is 0 Å². The van der Waals surface area contributed by atoms with Gasteiger partial charge in [0.05, 0.1) is 7.11 Å². The number of hydrogen-bond donors (Lipinski definition) is 1. The fourth-order valence-corrected chi connectivity index (χ4v) is 2.31. The predicted octanol–water partition coefficient (Wildman–Crippen LogP) is 4.66. The number of ether oxygens (including phenoxy) is 1. The summed E-state index contributed by atoms with van der Waals surface area (Å²) in [6.07, 6.45) is 10.3. The molecule has 0 aliphatic heterocycles. The molecule has 0 saturated carbocycles. The second-order valence-corrected chi connectivity index (χ2v) is 5.28. The van der Waals surface area contributed by atoms with E-state index in [0.717, 1.165) is 12.0 Å². The monoisotopic (exact) mass is 290 g/mol. The zero-order chi connectivity index (χ0) is 15.5. The molecule has 1 aromatic rings. The highest BCUT2D eigenvalue weighted by Crippen LogP contribution is 2.14. The fourth-order valence-electron chi connectivity index (χ4n) is 2.31. The fraction of sp³-hybridized carbons (Fsp3) is 0.500. The SMILES string of the molecule is CCCCCCCCc1cccc(C=C(OC)C(=O)O)c1. The van der Waals surface area contributed by atoms with Gasteiger partial charge >= 0.3 is 5.97 Å². The normalized spacial score (nSPS) is 11.4. The molecule has 1 N–H and O–H groups in total. The summed E-state index contributed by atoms with van der Waals surface area (Å²) >= 11 is 0.